The number of hydrogen-bond acceptors (Lipinski definition) is 4. The molecule has 1 amide bonds. The summed E-state index contributed by atoms with van der Waals surface area (Å²) in [5.41, 5.74) is -2.46. The van der Waals surface area contributed by atoms with Gasteiger partial charge in [-0.05, 0) is 56.5 Å². The number of pyridine rings is 1. The number of anilines is 1. The Labute approximate surface area is 190 Å². The number of alkyl halides is 6. The van der Waals surface area contributed by atoms with E-state index in [0.717, 1.165) is 17.0 Å². The van der Waals surface area contributed by atoms with Crippen LogP contribution in [0.15, 0.2) is 41.4 Å². The van der Waals surface area contributed by atoms with E-state index in [1.54, 1.807) is 0 Å². The third-order valence-corrected chi connectivity index (χ3v) is 8.53. The van der Waals surface area contributed by atoms with Crippen molar-refractivity contribution in [2.75, 3.05) is 11.4 Å². The van der Waals surface area contributed by atoms with Gasteiger partial charge < -0.3 is 0 Å². The minimum atomic E-state index is -4.97. The largest absolute Gasteiger partial charge is 0.417 e. The van der Waals surface area contributed by atoms with Crippen molar-refractivity contribution >= 4 is 21.6 Å². The van der Waals surface area contributed by atoms with Crippen LogP contribution in [-0.2, 0) is 27.0 Å². The molecule has 5 nitrogen and oxygen atoms in total. The van der Waals surface area contributed by atoms with Gasteiger partial charge in [-0.1, -0.05) is 0 Å². The topological polar surface area (TPSA) is 67.3 Å². The van der Waals surface area contributed by atoms with Crippen molar-refractivity contribution < 1.29 is 43.9 Å². The average molecular weight is 512 g/mol. The van der Waals surface area contributed by atoms with Crippen molar-refractivity contribution in [3.05, 3.63) is 53.5 Å². The normalized spacial score (nSPS) is 18.3. The zero-order valence-corrected chi connectivity index (χ0v) is 18.7. The molecule has 0 N–H and O–H groups in total. The van der Waals surface area contributed by atoms with E-state index in [2.05, 4.69) is 4.98 Å². The molecule has 1 atom stereocenters. The quantitative estimate of drug-likeness (QED) is 0.525. The summed E-state index contributed by atoms with van der Waals surface area (Å²) in [4.78, 5) is 16.6. The van der Waals surface area contributed by atoms with Gasteiger partial charge in [0.2, 0.25) is 5.91 Å². The minimum absolute atomic E-state index is 0.0444. The van der Waals surface area contributed by atoms with E-state index in [0.29, 0.717) is 18.3 Å². The average Bonchev–Trinajstić information content (AvgIpc) is 2.72. The second-order valence-corrected chi connectivity index (χ2v) is 10.9. The second-order valence-electron chi connectivity index (χ2n) is 8.42. The molecule has 0 bridgehead atoms. The molecule has 1 aromatic heterocycles. The lowest BCUT2D eigenvalue weighted by molar-refractivity contribution is -0.138. The molecule has 0 aliphatic carbocycles. The van der Waals surface area contributed by atoms with Gasteiger partial charge in [-0.15, -0.1) is 0 Å². The summed E-state index contributed by atoms with van der Waals surface area (Å²) in [5, 5.41) is 0. The van der Waals surface area contributed by atoms with E-state index in [9.17, 15) is 43.9 Å². The number of carbonyl (C=O) groups excluding carboxylic acids is 1. The van der Waals surface area contributed by atoms with E-state index in [1.807, 2.05) is 0 Å². The Hall–Kier alpha value is -2.70. The van der Waals surface area contributed by atoms with Gasteiger partial charge in [-0.3, -0.25) is 9.69 Å². The lowest BCUT2D eigenvalue weighted by Crippen LogP contribution is -2.49. The molecular weight excluding hydrogens is 493 g/mol. The lowest BCUT2D eigenvalue weighted by Gasteiger charge is -2.39. The van der Waals surface area contributed by atoms with Crippen molar-refractivity contribution in [2.24, 2.45) is 5.92 Å². The van der Waals surface area contributed by atoms with Crippen molar-refractivity contribution in [2.45, 2.75) is 48.7 Å². The van der Waals surface area contributed by atoms with Gasteiger partial charge in [0.1, 0.15) is 11.6 Å². The molecule has 1 aliphatic heterocycles. The highest BCUT2D eigenvalue weighted by Gasteiger charge is 2.47. The molecule has 2 aromatic rings. The summed E-state index contributed by atoms with van der Waals surface area (Å²) in [5.74, 6) is -2.88. The molecule has 0 unspecified atom stereocenters. The SMILES string of the molecule is CC(C)([C@@H]1CCN(c2ccc(C(F)(F)F)cn2)C(=O)C1)S(=O)(=O)c1cc(F)cc(C(F)(F)F)c1. The maximum atomic E-state index is 13.8. The van der Waals surface area contributed by atoms with E-state index >= 15 is 0 Å². The fraction of sp³-hybridized carbons (Fsp3) is 0.429. The Morgan fingerprint density at radius 1 is 0.971 bits per heavy atom. The van der Waals surface area contributed by atoms with E-state index in [1.165, 1.54) is 13.8 Å². The Balaban J connectivity index is 1.85. The van der Waals surface area contributed by atoms with Gasteiger partial charge in [0.05, 0.1) is 20.8 Å². The zero-order valence-electron chi connectivity index (χ0n) is 17.8. The summed E-state index contributed by atoms with van der Waals surface area (Å²) in [7, 11) is -4.52. The summed E-state index contributed by atoms with van der Waals surface area (Å²) in [6, 6.07) is 2.82. The van der Waals surface area contributed by atoms with E-state index < -0.39 is 60.6 Å². The fourth-order valence-electron chi connectivity index (χ4n) is 3.79. The molecule has 1 saturated heterocycles. The van der Waals surface area contributed by atoms with Crippen LogP contribution in [0.25, 0.3) is 0 Å². The van der Waals surface area contributed by atoms with Crippen LogP contribution in [0.5, 0.6) is 0 Å². The summed E-state index contributed by atoms with van der Waals surface area (Å²) < 4.78 is 116. The number of nitrogens with zero attached hydrogens (tertiary/aromatic N) is 2. The Morgan fingerprint density at radius 3 is 2.09 bits per heavy atom. The molecule has 1 aromatic carbocycles. The highest BCUT2D eigenvalue weighted by atomic mass is 32.2. The smallest absolute Gasteiger partial charge is 0.297 e. The minimum Gasteiger partial charge on any atom is -0.297 e. The molecule has 1 fully saturated rings. The first-order chi connectivity index (χ1) is 15.4. The highest BCUT2D eigenvalue weighted by molar-refractivity contribution is 7.92. The van der Waals surface area contributed by atoms with Crippen LogP contribution in [0.1, 0.15) is 37.8 Å². The number of rotatable bonds is 4. The molecule has 0 radical (unpaired) electrons. The van der Waals surface area contributed by atoms with Crippen LogP contribution in [0.3, 0.4) is 0 Å². The van der Waals surface area contributed by atoms with Crippen LogP contribution in [0, 0.1) is 11.7 Å². The lowest BCUT2D eigenvalue weighted by atomic mass is 9.85. The molecule has 0 spiro atoms. The predicted molar refractivity (Wildman–Crippen MR) is 107 cm³/mol. The Kier molecular flexibility index (Phi) is 6.48. The Bertz CT molecular complexity index is 1190. The molecular formula is C21H19F7N2O3S. The number of hydrogen-bond donors (Lipinski definition) is 0. The molecule has 3 rings (SSSR count). The monoisotopic (exact) mass is 512 g/mol. The number of aromatic nitrogens is 1. The van der Waals surface area contributed by atoms with Crippen molar-refractivity contribution in [3.8, 4) is 0 Å². The number of sulfone groups is 1. The van der Waals surface area contributed by atoms with Crippen molar-refractivity contribution in [3.63, 3.8) is 0 Å². The first-order valence-corrected chi connectivity index (χ1v) is 11.4. The number of benzene rings is 1. The number of piperidine rings is 1. The maximum Gasteiger partial charge on any atom is 0.417 e. The molecule has 1 aliphatic rings. The highest BCUT2D eigenvalue weighted by Crippen LogP contribution is 2.41. The van der Waals surface area contributed by atoms with Gasteiger partial charge >= 0.3 is 12.4 Å². The molecule has 2 heterocycles. The van der Waals surface area contributed by atoms with Crippen LogP contribution in [0.4, 0.5) is 36.6 Å². The summed E-state index contributed by atoms with van der Waals surface area (Å²) >= 11 is 0. The third kappa shape index (κ3) is 4.89. The molecule has 186 valence electrons. The van der Waals surface area contributed by atoms with Crippen molar-refractivity contribution in [1.29, 1.82) is 0 Å². The molecule has 0 saturated carbocycles. The number of amides is 1. The Morgan fingerprint density at radius 2 is 1.59 bits per heavy atom. The van der Waals surface area contributed by atoms with E-state index in [4.69, 9.17) is 0 Å². The second kappa shape index (κ2) is 8.51. The third-order valence-electron chi connectivity index (χ3n) is 5.96. The van der Waals surface area contributed by atoms with Crippen molar-refractivity contribution in [1.82, 2.24) is 4.98 Å². The van der Waals surface area contributed by atoms with Gasteiger partial charge in [0.25, 0.3) is 0 Å². The zero-order chi connectivity index (χ0) is 25.7. The van der Waals surface area contributed by atoms with Crippen LogP contribution in [0.2, 0.25) is 0 Å². The van der Waals surface area contributed by atoms with Crippen LogP contribution in [-0.4, -0.2) is 30.6 Å². The molecule has 34 heavy (non-hydrogen) atoms. The van der Waals surface area contributed by atoms with E-state index in [-0.39, 0.29) is 31.3 Å². The maximum absolute atomic E-state index is 13.8. The van der Waals surface area contributed by atoms with Gasteiger partial charge in [0, 0.05) is 19.2 Å². The predicted octanol–water partition coefficient (Wildman–Crippen LogP) is 5.25. The molecule has 13 heteroatoms. The number of halogens is 7. The van der Waals surface area contributed by atoms with Gasteiger partial charge in [-0.25, -0.2) is 17.8 Å². The van der Waals surface area contributed by atoms with Gasteiger partial charge in [0.15, 0.2) is 9.84 Å². The van der Waals surface area contributed by atoms with Gasteiger partial charge in [-0.2, -0.15) is 26.3 Å². The van der Waals surface area contributed by atoms with Crippen LogP contribution >= 0.6 is 0 Å². The first-order valence-electron chi connectivity index (χ1n) is 9.90. The standard InChI is InChI=1S/C21H19F7N2O3S/c1-19(2,34(32,33)16-8-14(21(26,27)28)7-15(22)10-16)12-5-6-30(18(31)9-12)17-4-3-13(11-29-17)20(23,24)25/h3-4,7-8,10-12H,5-6,9H2,1-2H3/t12-/m1/s1. The number of carbonyl (C=O) groups is 1. The summed E-state index contributed by atoms with van der Waals surface area (Å²) in [6.07, 6.45) is -9.28. The fourth-order valence-corrected chi connectivity index (χ4v) is 5.58. The first kappa shape index (κ1) is 25.9. The van der Waals surface area contributed by atoms with Crippen LogP contribution < -0.4 is 4.90 Å². The summed E-state index contributed by atoms with van der Waals surface area (Å²) in [6.45, 7) is 2.41.